The van der Waals surface area contributed by atoms with Crippen LogP contribution in [-0.4, -0.2) is 59.5 Å². The third-order valence-electron chi connectivity index (χ3n) is 5.33. The van der Waals surface area contributed by atoms with Crippen molar-refractivity contribution in [3.63, 3.8) is 0 Å². The van der Waals surface area contributed by atoms with E-state index in [1.807, 2.05) is 4.90 Å². The van der Waals surface area contributed by atoms with Crippen molar-refractivity contribution in [1.82, 2.24) is 9.80 Å². The van der Waals surface area contributed by atoms with Crippen molar-refractivity contribution in [3.8, 4) is 0 Å². The maximum Gasteiger partial charge on any atom is 0.303 e. The molecule has 1 heterocycles. The number of aliphatic carboxylic acids is 1. The molecule has 0 aromatic heterocycles. The quantitative estimate of drug-likeness (QED) is 0.697. The highest BCUT2D eigenvalue weighted by Crippen LogP contribution is 2.27. The summed E-state index contributed by atoms with van der Waals surface area (Å²) in [4.78, 5) is 27.2. The van der Waals surface area contributed by atoms with E-state index in [9.17, 15) is 9.59 Å². The summed E-state index contributed by atoms with van der Waals surface area (Å²) in [5.74, 6) is 0.405. The minimum atomic E-state index is -0.710. The molecule has 0 atom stereocenters. The largest absolute Gasteiger partial charge is 0.481 e. The molecule has 2 fully saturated rings. The van der Waals surface area contributed by atoms with Gasteiger partial charge in [-0.2, -0.15) is 0 Å². The van der Waals surface area contributed by atoms with Crippen molar-refractivity contribution >= 4 is 11.9 Å². The smallest absolute Gasteiger partial charge is 0.303 e. The van der Waals surface area contributed by atoms with E-state index < -0.39 is 5.97 Å². The number of carbonyl (C=O) groups excluding carboxylic acids is 1. The molecule has 1 saturated carbocycles. The fraction of sp³-hybridized carbons (Fsp3) is 0.889. The van der Waals surface area contributed by atoms with Crippen molar-refractivity contribution in [2.24, 2.45) is 5.92 Å². The minimum Gasteiger partial charge on any atom is -0.481 e. The van der Waals surface area contributed by atoms with Gasteiger partial charge in [-0.3, -0.25) is 14.5 Å². The first-order valence-electron chi connectivity index (χ1n) is 9.37. The second-order valence-electron chi connectivity index (χ2n) is 7.12. The van der Waals surface area contributed by atoms with Crippen LogP contribution in [0.1, 0.15) is 64.2 Å². The van der Waals surface area contributed by atoms with Gasteiger partial charge >= 0.3 is 5.97 Å². The molecule has 0 aromatic rings. The average Bonchev–Trinajstić information content (AvgIpc) is 2.58. The lowest BCUT2D eigenvalue weighted by atomic mass is 9.86. The van der Waals surface area contributed by atoms with Gasteiger partial charge in [0.05, 0.1) is 0 Å². The van der Waals surface area contributed by atoms with Gasteiger partial charge in [0, 0.05) is 39.0 Å². The van der Waals surface area contributed by atoms with Crippen LogP contribution in [0.25, 0.3) is 0 Å². The van der Waals surface area contributed by atoms with E-state index in [0.29, 0.717) is 5.91 Å². The Morgan fingerprint density at radius 1 is 0.913 bits per heavy atom. The van der Waals surface area contributed by atoms with E-state index in [4.69, 9.17) is 5.11 Å². The molecule has 0 spiro atoms. The predicted molar refractivity (Wildman–Crippen MR) is 90.3 cm³/mol. The Morgan fingerprint density at radius 2 is 1.61 bits per heavy atom. The van der Waals surface area contributed by atoms with E-state index in [1.165, 1.54) is 32.1 Å². The summed E-state index contributed by atoms with van der Waals surface area (Å²) in [6, 6.07) is 0. The van der Waals surface area contributed by atoms with Gasteiger partial charge in [-0.15, -0.1) is 0 Å². The standard InChI is InChI=1S/C18H32N2O3/c21-17(10-9-16-6-2-1-3-7-16)20-14-12-19(13-15-20)11-5-4-8-18(22)23/h16H,1-15H2,(H,22,23). The van der Waals surface area contributed by atoms with Gasteiger partial charge < -0.3 is 10.0 Å². The average molecular weight is 324 g/mol. The Bertz CT molecular complexity index is 372. The van der Waals surface area contributed by atoms with Crippen LogP contribution in [0.3, 0.4) is 0 Å². The normalized spacial score (nSPS) is 20.6. The molecular formula is C18H32N2O3. The third-order valence-corrected chi connectivity index (χ3v) is 5.33. The summed E-state index contributed by atoms with van der Waals surface area (Å²) in [6.07, 6.45) is 10.4. The van der Waals surface area contributed by atoms with Gasteiger partial charge in [0.25, 0.3) is 0 Å². The number of carboxylic acid groups (broad SMARTS) is 1. The van der Waals surface area contributed by atoms with Gasteiger partial charge in [0.2, 0.25) is 5.91 Å². The number of unbranched alkanes of at least 4 members (excludes halogenated alkanes) is 1. The zero-order chi connectivity index (χ0) is 16.5. The predicted octanol–water partition coefficient (Wildman–Crippen LogP) is 2.75. The second-order valence-corrected chi connectivity index (χ2v) is 7.12. The van der Waals surface area contributed by atoms with Crippen LogP contribution in [0.4, 0.5) is 0 Å². The molecule has 1 aliphatic carbocycles. The molecule has 1 N–H and O–H groups in total. The number of nitrogens with zero attached hydrogens (tertiary/aromatic N) is 2. The number of hydrogen-bond acceptors (Lipinski definition) is 3. The van der Waals surface area contributed by atoms with Crippen LogP contribution in [-0.2, 0) is 9.59 Å². The topological polar surface area (TPSA) is 60.9 Å². The van der Waals surface area contributed by atoms with Crippen LogP contribution in [0.5, 0.6) is 0 Å². The van der Waals surface area contributed by atoms with Crippen LogP contribution >= 0.6 is 0 Å². The molecule has 132 valence electrons. The number of carboxylic acids is 1. The Hall–Kier alpha value is -1.10. The van der Waals surface area contributed by atoms with Crippen LogP contribution in [0.15, 0.2) is 0 Å². The summed E-state index contributed by atoms with van der Waals surface area (Å²) in [5.41, 5.74) is 0. The van der Waals surface area contributed by atoms with E-state index in [0.717, 1.165) is 64.3 Å². The molecule has 2 rings (SSSR count). The van der Waals surface area contributed by atoms with Crippen LogP contribution in [0, 0.1) is 5.92 Å². The molecule has 1 amide bonds. The van der Waals surface area contributed by atoms with Crippen LogP contribution in [0.2, 0.25) is 0 Å². The van der Waals surface area contributed by atoms with E-state index >= 15 is 0 Å². The highest BCUT2D eigenvalue weighted by molar-refractivity contribution is 5.76. The van der Waals surface area contributed by atoms with Crippen molar-refractivity contribution in [1.29, 1.82) is 0 Å². The first-order chi connectivity index (χ1) is 11.1. The van der Waals surface area contributed by atoms with Gasteiger partial charge in [-0.05, 0) is 31.7 Å². The highest BCUT2D eigenvalue weighted by Gasteiger charge is 2.22. The highest BCUT2D eigenvalue weighted by atomic mass is 16.4. The number of amides is 1. The fourth-order valence-corrected chi connectivity index (χ4v) is 3.79. The molecule has 0 radical (unpaired) electrons. The molecule has 0 unspecified atom stereocenters. The summed E-state index contributed by atoms with van der Waals surface area (Å²) in [7, 11) is 0. The number of piperazine rings is 1. The van der Waals surface area contributed by atoms with Crippen molar-refractivity contribution in [2.45, 2.75) is 64.2 Å². The summed E-state index contributed by atoms with van der Waals surface area (Å²) in [5, 5.41) is 8.63. The van der Waals surface area contributed by atoms with Crippen molar-refractivity contribution < 1.29 is 14.7 Å². The lowest BCUT2D eigenvalue weighted by Crippen LogP contribution is -2.48. The van der Waals surface area contributed by atoms with Crippen molar-refractivity contribution in [3.05, 3.63) is 0 Å². The molecule has 0 bridgehead atoms. The molecule has 5 nitrogen and oxygen atoms in total. The van der Waals surface area contributed by atoms with Gasteiger partial charge in [0.1, 0.15) is 0 Å². The van der Waals surface area contributed by atoms with Gasteiger partial charge in [-0.1, -0.05) is 32.1 Å². The number of rotatable bonds is 8. The SMILES string of the molecule is O=C(O)CCCCN1CCN(C(=O)CCC2CCCCC2)CC1. The first kappa shape index (κ1) is 18.2. The lowest BCUT2D eigenvalue weighted by molar-refractivity contribution is -0.137. The monoisotopic (exact) mass is 324 g/mol. The zero-order valence-electron chi connectivity index (χ0n) is 14.3. The molecule has 2 aliphatic rings. The Kier molecular flexibility index (Phi) is 7.86. The Morgan fingerprint density at radius 3 is 2.26 bits per heavy atom. The zero-order valence-corrected chi connectivity index (χ0v) is 14.3. The fourth-order valence-electron chi connectivity index (χ4n) is 3.79. The van der Waals surface area contributed by atoms with Gasteiger partial charge in [-0.25, -0.2) is 0 Å². The molecule has 23 heavy (non-hydrogen) atoms. The first-order valence-corrected chi connectivity index (χ1v) is 9.37. The van der Waals surface area contributed by atoms with E-state index in [1.54, 1.807) is 0 Å². The van der Waals surface area contributed by atoms with Gasteiger partial charge in [0.15, 0.2) is 0 Å². The lowest BCUT2D eigenvalue weighted by Gasteiger charge is -2.35. The van der Waals surface area contributed by atoms with E-state index in [-0.39, 0.29) is 6.42 Å². The summed E-state index contributed by atoms with van der Waals surface area (Å²) < 4.78 is 0. The number of carbonyl (C=O) groups is 2. The summed E-state index contributed by atoms with van der Waals surface area (Å²) in [6.45, 7) is 4.49. The molecular weight excluding hydrogens is 292 g/mol. The molecule has 5 heteroatoms. The Labute approximate surface area is 140 Å². The second kappa shape index (κ2) is 9.91. The molecule has 0 aromatic carbocycles. The van der Waals surface area contributed by atoms with Crippen LogP contribution < -0.4 is 0 Å². The summed E-state index contributed by atoms with van der Waals surface area (Å²) >= 11 is 0. The maximum atomic E-state index is 12.3. The minimum absolute atomic E-state index is 0.264. The van der Waals surface area contributed by atoms with Crippen molar-refractivity contribution in [2.75, 3.05) is 32.7 Å². The maximum absolute atomic E-state index is 12.3. The molecule has 1 aliphatic heterocycles. The molecule has 1 saturated heterocycles. The third kappa shape index (κ3) is 6.90. The number of hydrogen-bond donors (Lipinski definition) is 1. The Balaban J connectivity index is 1.56. The van der Waals surface area contributed by atoms with E-state index in [2.05, 4.69) is 4.90 Å².